The van der Waals surface area contributed by atoms with Crippen LogP contribution in [0.5, 0.6) is 0 Å². The summed E-state index contributed by atoms with van der Waals surface area (Å²) >= 11 is 6.01. The van der Waals surface area contributed by atoms with E-state index in [1.54, 1.807) is 42.5 Å². The van der Waals surface area contributed by atoms with Gasteiger partial charge in [-0.2, -0.15) is 13.2 Å². The van der Waals surface area contributed by atoms with Crippen LogP contribution in [0.2, 0.25) is 0 Å². The monoisotopic (exact) mass is 512 g/mol. The van der Waals surface area contributed by atoms with Crippen molar-refractivity contribution in [2.75, 3.05) is 0 Å². The maximum Gasteiger partial charge on any atom is 0.420 e. The van der Waals surface area contributed by atoms with Crippen molar-refractivity contribution in [2.45, 2.75) is 24.2 Å². The Balaban J connectivity index is 1.48. The highest BCUT2D eigenvalue weighted by Crippen LogP contribution is 2.38. The van der Waals surface area contributed by atoms with Crippen LogP contribution in [-0.4, -0.2) is 11.3 Å². The van der Waals surface area contributed by atoms with Crippen LogP contribution in [-0.2, 0) is 10.9 Å². The highest BCUT2D eigenvalue weighted by atomic mass is 35.5. The summed E-state index contributed by atoms with van der Waals surface area (Å²) in [5.74, 6) is -2.01. The number of amides is 1. The molecule has 36 heavy (non-hydrogen) atoms. The zero-order valence-electron chi connectivity index (χ0n) is 18.7. The minimum absolute atomic E-state index is 0.00659. The van der Waals surface area contributed by atoms with E-state index in [0.717, 1.165) is 11.6 Å². The average molecular weight is 513 g/mol. The molecule has 184 valence electrons. The second-order valence-electron chi connectivity index (χ2n) is 8.20. The van der Waals surface area contributed by atoms with Gasteiger partial charge in [-0.15, -0.1) is 11.6 Å². The summed E-state index contributed by atoms with van der Waals surface area (Å²) < 4.78 is 52.9. The standard InChI is InChI=1S/C27H20ClF3N2O3/c28-19-13-11-16(12-14-19)21-15-20(27(29,30)31)23(35-21)24(34)33-26-22(17-7-3-1-4-8-17)32-25(36-26)18-9-5-2-6-10-18/h1-13,15,19,25,32H,14H2,(H,33,34). The van der Waals surface area contributed by atoms with Crippen molar-refractivity contribution < 1.29 is 27.1 Å². The summed E-state index contributed by atoms with van der Waals surface area (Å²) in [7, 11) is 0. The van der Waals surface area contributed by atoms with Gasteiger partial charge in [0.15, 0.2) is 6.23 Å². The number of benzene rings is 2. The molecule has 3 aromatic rings. The summed E-state index contributed by atoms with van der Waals surface area (Å²) in [6, 6.07) is 19.0. The van der Waals surface area contributed by atoms with Gasteiger partial charge in [-0.05, 0) is 12.5 Å². The van der Waals surface area contributed by atoms with Crippen molar-refractivity contribution in [3.8, 4) is 0 Å². The van der Waals surface area contributed by atoms with Gasteiger partial charge in [-0.1, -0.05) is 78.9 Å². The summed E-state index contributed by atoms with van der Waals surface area (Å²) in [4.78, 5) is 13.1. The van der Waals surface area contributed by atoms with Crippen LogP contribution in [0, 0.1) is 0 Å². The molecule has 0 saturated carbocycles. The molecule has 0 bridgehead atoms. The molecule has 0 saturated heterocycles. The summed E-state index contributed by atoms with van der Waals surface area (Å²) in [6.07, 6.45) is -0.113. The summed E-state index contributed by atoms with van der Waals surface area (Å²) in [5.41, 5.74) is 1.15. The molecule has 1 aliphatic carbocycles. The number of hydrogen-bond acceptors (Lipinski definition) is 4. The van der Waals surface area contributed by atoms with E-state index in [0.29, 0.717) is 23.3 Å². The first-order valence-electron chi connectivity index (χ1n) is 11.1. The summed E-state index contributed by atoms with van der Waals surface area (Å²) in [6.45, 7) is 0. The molecular formula is C27H20ClF3N2O3. The fourth-order valence-corrected chi connectivity index (χ4v) is 4.10. The van der Waals surface area contributed by atoms with E-state index in [-0.39, 0.29) is 17.0 Å². The van der Waals surface area contributed by atoms with Crippen molar-refractivity contribution in [1.82, 2.24) is 10.6 Å². The quantitative estimate of drug-likeness (QED) is 0.377. The van der Waals surface area contributed by atoms with E-state index < -0.39 is 29.6 Å². The number of carbonyl (C=O) groups is 1. The highest BCUT2D eigenvalue weighted by Gasteiger charge is 2.40. The number of carbonyl (C=O) groups excluding carboxylic acids is 1. The van der Waals surface area contributed by atoms with Crippen molar-refractivity contribution in [1.29, 1.82) is 0 Å². The Morgan fingerprint density at radius 3 is 2.39 bits per heavy atom. The van der Waals surface area contributed by atoms with Gasteiger partial charge in [0.25, 0.3) is 5.91 Å². The predicted molar refractivity (Wildman–Crippen MR) is 129 cm³/mol. The Kier molecular flexibility index (Phi) is 6.36. The lowest BCUT2D eigenvalue weighted by Gasteiger charge is -2.13. The third-order valence-electron chi connectivity index (χ3n) is 5.71. The Morgan fingerprint density at radius 1 is 1.06 bits per heavy atom. The lowest BCUT2D eigenvalue weighted by Crippen LogP contribution is -2.26. The van der Waals surface area contributed by atoms with Gasteiger partial charge in [0.1, 0.15) is 17.0 Å². The number of allylic oxidation sites excluding steroid dienone is 4. The van der Waals surface area contributed by atoms with E-state index in [2.05, 4.69) is 10.6 Å². The molecular weight excluding hydrogens is 493 g/mol. The molecule has 2 heterocycles. The van der Waals surface area contributed by atoms with Gasteiger partial charge < -0.3 is 14.5 Å². The molecule has 1 aromatic heterocycles. The first-order valence-corrected chi connectivity index (χ1v) is 11.6. The van der Waals surface area contributed by atoms with E-state index in [1.165, 1.54) is 0 Å². The van der Waals surface area contributed by atoms with Crippen LogP contribution in [0.25, 0.3) is 11.3 Å². The van der Waals surface area contributed by atoms with Crippen LogP contribution in [0.1, 0.15) is 45.7 Å². The number of ether oxygens (including phenoxy) is 1. The molecule has 2 N–H and O–H groups in total. The molecule has 2 atom stereocenters. The van der Waals surface area contributed by atoms with Gasteiger partial charge in [0.2, 0.25) is 11.6 Å². The number of rotatable bonds is 5. The van der Waals surface area contributed by atoms with Crippen molar-refractivity contribution >= 4 is 28.8 Å². The second-order valence-corrected chi connectivity index (χ2v) is 8.76. The van der Waals surface area contributed by atoms with Crippen LogP contribution in [0.3, 0.4) is 0 Å². The Bertz CT molecular complexity index is 1360. The molecule has 2 aromatic carbocycles. The molecule has 5 nitrogen and oxygen atoms in total. The van der Waals surface area contributed by atoms with Crippen LogP contribution >= 0.6 is 11.6 Å². The molecule has 2 aliphatic rings. The lowest BCUT2D eigenvalue weighted by atomic mass is 10.0. The molecule has 0 radical (unpaired) electrons. The SMILES string of the molecule is O=C(NC1=C(c2ccccc2)NC(c2ccccc2)O1)c1oc(C2=CCC(Cl)C=C2)cc1C(F)(F)F. The third kappa shape index (κ3) is 4.90. The molecule has 1 aliphatic heterocycles. The smallest absolute Gasteiger partial charge is 0.420 e. The van der Waals surface area contributed by atoms with Crippen molar-refractivity contribution in [3.63, 3.8) is 0 Å². The van der Waals surface area contributed by atoms with E-state index >= 15 is 0 Å². The van der Waals surface area contributed by atoms with Crippen LogP contribution in [0.4, 0.5) is 13.2 Å². The largest absolute Gasteiger partial charge is 0.450 e. The Hall–Kier alpha value is -3.91. The average Bonchev–Trinajstić information content (AvgIpc) is 3.51. The fraction of sp³-hybridized carbons (Fsp3) is 0.148. The predicted octanol–water partition coefficient (Wildman–Crippen LogP) is 6.62. The van der Waals surface area contributed by atoms with Gasteiger partial charge in [0.05, 0.1) is 5.38 Å². The van der Waals surface area contributed by atoms with Gasteiger partial charge in [0, 0.05) is 16.7 Å². The number of halogens is 4. The molecule has 2 unspecified atom stereocenters. The zero-order valence-corrected chi connectivity index (χ0v) is 19.4. The van der Waals surface area contributed by atoms with E-state index in [1.807, 2.05) is 36.4 Å². The topological polar surface area (TPSA) is 63.5 Å². The maximum atomic E-state index is 13.8. The van der Waals surface area contributed by atoms with Crippen molar-refractivity contribution in [3.05, 3.63) is 119 Å². The van der Waals surface area contributed by atoms with Gasteiger partial charge in [-0.25, -0.2) is 0 Å². The highest BCUT2D eigenvalue weighted by molar-refractivity contribution is 6.22. The normalized spacial score (nSPS) is 19.5. The van der Waals surface area contributed by atoms with Gasteiger partial charge >= 0.3 is 6.18 Å². The summed E-state index contributed by atoms with van der Waals surface area (Å²) in [5, 5.41) is 5.43. The molecule has 1 amide bonds. The first kappa shape index (κ1) is 23.8. The minimum Gasteiger partial charge on any atom is -0.450 e. The molecule has 0 spiro atoms. The van der Waals surface area contributed by atoms with Crippen LogP contribution in [0.15, 0.2) is 95.3 Å². The molecule has 5 rings (SSSR count). The molecule has 0 fully saturated rings. The van der Waals surface area contributed by atoms with E-state index in [4.69, 9.17) is 20.8 Å². The lowest BCUT2D eigenvalue weighted by molar-refractivity contribution is -0.138. The zero-order chi connectivity index (χ0) is 25.3. The Labute approximate surface area is 209 Å². The minimum atomic E-state index is -4.81. The third-order valence-corrected chi connectivity index (χ3v) is 6.03. The van der Waals surface area contributed by atoms with E-state index in [9.17, 15) is 18.0 Å². The number of nitrogens with one attached hydrogen (secondary N) is 2. The van der Waals surface area contributed by atoms with Gasteiger partial charge in [-0.3, -0.25) is 10.1 Å². The number of hydrogen-bond donors (Lipinski definition) is 2. The fourth-order valence-electron chi connectivity index (χ4n) is 3.94. The number of furan rings is 1. The number of alkyl halides is 4. The second kappa shape index (κ2) is 9.62. The first-order chi connectivity index (χ1) is 17.3. The molecule has 9 heteroatoms. The van der Waals surface area contributed by atoms with Crippen molar-refractivity contribution in [2.24, 2.45) is 0 Å². The van der Waals surface area contributed by atoms with Crippen LogP contribution < -0.4 is 10.6 Å². The maximum absolute atomic E-state index is 13.8. The Morgan fingerprint density at radius 2 is 1.75 bits per heavy atom.